The van der Waals surface area contributed by atoms with Gasteiger partial charge in [0.15, 0.2) is 6.79 Å². The van der Waals surface area contributed by atoms with Gasteiger partial charge in [-0.25, -0.2) is 0 Å². The lowest BCUT2D eigenvalue weighted by molar-refractivity contribution is -0.0175. The van der Waals surface area contributed by atoms with E-state index in [9.17, 15) is 0 Å². The van der Waals surface area contributed by atoms with E-state index < -0.39 is 0 Å². The Hall–Kier alpha value is -0.810. The Morgan fingerprint density at radius 2 is 2.14 bits per heavy atom. The Bertz CT molecular complexity index is 491. The molecule has 0 bridgehead atoms. The molecular weight excluding hydrogens is 288 g/mol. The Kier molecular flexibility index (Phi) is 5.49. The molecule has 5 heteroatoms. The summed E-state index contributed by atoms with van der Waals surface area (Å²) in [6.45, 7) is 10.8. The molecule has 1 aromatic rings. The van der Waals surface area contributed by atoms with E-state index in [-0.39, 0.29) is 5.41 Å². The second-order valence-electron chi connectivity index (χ2n) is 6.34. The molecule has 21 heavy (non-hydrogen) atoms. The van der Waals surface area contributed by atoms with Gasteiger partial charge in [0, 0.05) is 29.2 Å². The third kappa shape index (κ3) is 4.33. The predicted octanol–water partition coefficient (Wildman–Crippen LogP) is 3.01. The molecule has 1 heterocycles. The summed E-state index contributed by atoms with van der Waals surface area (Å²) in [5, 5.41) is 0.729. The van der Waals surface area contributed by atoms with Crippen LogP contribution in [0, 0.1) is 5.41 Å². The maximum absolute atomic E-state index is 6.22. The highest BCUT2D eigenvalue weighted by atomic mass is 35.5. The summed E-state index contributed by atoms with van der Waals surface area (Å²) >= 11 is 6.22. The van der Waals surface area contributed by atoms with E-state index in [0.717, 1.165) is 41.5 Å². The van der Waals surface area contributed by atoms with Crippen molar-refractivity contribution in [2.75, 3.05) is 26.4 Å². The van der Waals surface area contributed by atoms with E-state index in [4.69, 9.17) is 26.8 Å². The summed E-state index contributed by atoms with van der Waals surface area (Å²) < 4.78 is 11.0. The van der Waals surface area contributed by atoms with Crippen LogP contribution >= 0.6 is 11.6 Å². The van der Waals surface area contributed by atoms with Gasteiger partial charge in [0.2, 0.25) is 0 Å². The van der Waals surface area contributed by atoms with Gasteiger partial charge >= 0.3 is 0 Å². The summed E-state index contributed by atoms with van der Waals surface area (Å²) in [6, 6.07) is 3.91. The summed E-state index contributed by atoms with van der Waals surface area (Å²) in [7, 11) is 0. The number of fused-ring (bicyclic) bond motifs is 1. The molecule has 0 aliphatic carbocycles. The number of rotatable bonds is 6. The molecular formula is C16H25ClN2O2. The van der Waals surface area contributed by atoms with Crippen LogP contribution in [0.3, 0.4) is 0 Å². The lowest BCUT2D eigenvalue weighted by Gasteiger charge is -2.32. The Labute approximate surface area is 132 Å². The maximum atomic E-state index is 6.22. The van der Waals surface area contributed by atoms with Crippen LogP contribution in [0.2, 0.25) is 5.02 Å². The fourth-order valence-corrected chi connectivity index (χ4v) is 2.83. The van der Waals surface area contributed by atoms with Crippen LogP contribution in [0.25, 0.3) is 0 Å². The Balaban J connectivity index is 2.19. The first-order valence-corrected chi connectivity index (χ1v) is 7.77. The van der Waals surface area contributed by atoms with Crippen molar-refractivity contribution in [3.05, 3.63) is 28.3 Å². The first kappa shape index (κ1) is 16.6. The molecule has 0 spiro atoms. The third-order valence-corrected chi connectivity index (χ3v) is 4.02. The molecule has 118 valence electrons. The van der Waals surface area contributed by atoms with Gasteiger partial charge in [0.05, 0.1) is 6.61 Å². The van der Waals surface area contributed by atoms with Gasteiger partial charge in [-0.1, -0.05) is 32.4 Å². The van der Waals surface area contributed by atoms with Crippen molar-refractivity contribution in [2.24, 2.45) is 11.1 Å². The molecule has 0 saturated heterocycles. The largest absolute Gasteiger partial charge is 0.467 e. The number of halogens is 1. The van der Waals surface area contributed by atoms with E-state index in [1.54, 1.807) is 0 Å². The lowest BCUT2D eigenvalue weighted by Crippen LogP contribution is -2.38. The molecule has 1 aromatic carbocycles. The third-order valence-electron chi connectivity index (χ3n) is 3.80. The number of hydrogen-bond acceptors (Lipinski definition) is 4. The minimum Gasteiger partial charge on any atom is -0.467 e. The zero-order chi connectivity index (χ0) is 15.5. The molecule has 0 atom stereocenters. The van der Waals surface area contributed by atoms with Crippen molar-refractivity contribution in [3.63, 3.8) is 0 Å². The summed E-state index contributed by atoms with van der Waals surface area (Å²) in [4.78, 5) is 2.37. The minimum absolute atomic E-state index is 0.0958. The van der Waals surface area contributed by atoms with Gasteiger partial charge in [-0.2, -0.15) is 0 Å². The molecule has 1 aliphatic heterocycles. The number of benzene rings is 1. The normalized spacial score (nSPS) is 15.0. The van der Waals surface area contributed by atoms with Crippen LogP contribution in [0.4, 0.5) is 0 Å². The Morgan fingerprint density at radius 3 is 2.81 bits per heavy atom. The van der Waals surface area contributed by atoms with Crippen molar-refractivity contribution in [1.82, 2.24) is 4.90 Å². The molecule has 4 nitrogen and oxygen atoms in total. The minimum atomic E-state index is 0.0958. The van der Waals surface area contributed by atoms with Crippen molar-refractivity contribution in [3.8, 4) is 5.75 Å². The lowest BCUT2D eigenvalue weighted by atomic mass is 9.93. The maximum Gasteiger partial charge on any atom is 0.189 e. The highest BCUT2D eigenvalue weighted by molar-refractivity contribution is 6.30. The van der Waals surface area contributed by atoms with Crippen molar-refractivity contribution < 1.29 is 9.47 Å². The van der Waals surface area contributed by atoms with E-state index >= 15 is 0 Å². The van der Waals surface area contributed by atoms with Crippen molar-refractivity contribution in [1.29, 1.82) is 0 Å². The van der Waals surface area contributed by atoms with E-state index in [1.807, 2.05) is 12.1 Å². The molecule has 0 unspecified atom stereocenters. The van der Waals surface area contributed by atoms with Crippen LogP contribution in [-0.4, -0.2) is 31.3 Å². The highest BCUT2D eigenvalue weighted by Gasteiger charge is 2.22. The summed E-state index contributed by atoms with van der Waals surface area (Å²) in [6.07, 6.45) is 0. The number of ether oxygens (including phenoxy) is 2. The molecule has 0 aromatic heterocycles. The van der Waals surface area contributed by atoms with Gasteiger partial charge in [-0.3, -0.25) is 4.90 Å². The van der Waals surface area contributed by atoms with Gasteiger partial charge in [0.25, 0.3) is 0 Å². The quantitative estimate of drug-likeness (QED) is 0.877. The van der Waals surface area contributed by atoms with E-state index in [1.165, 1.54) is 0 Å². The zero-order valence-corrected chi connectivity index (χ0v) is 13.9. The second kappa shape index (κ2) is 6.97. The number of hydrogen-bond donors (Lipinski definition) is 1. The van der Waals surface area contributed by atoms with E-state index in [0.29, 0.717) is 19.9 Å². The van der Waals surface area contributed by atoms with Crippen LogP contribution < -0.4 is 10.5 Å². The molecule has 0 fully saturated rings. The topological polar surface area (TPSA) is 47.7 Å². The fraction of sp³-hybridized carbons (Fsp3) is 0.625. The number of nitrogens with zero attached hydrogens (tertiary/aromatic N) is 1. The molecule has 2 rings (SSSR count). The van der Waals surface area contributed by atoms with Crippen LogP contribution in [0.1, 0.15) is 31.9 Å². The molecule has 0 radical (unpaired) electrons. The van der Waals surface area contributed by atoms with Gasteiger partial charge in [-0.05, 0) is 30.6 Å². The van der Waals surface area contributed by atoms with Gasteiger partial charge in [0.1, 0.15) is 5.75 Å². The second-order valence-corrected chi connectivity index (χ2v) is 6.77. The Morgan fingerprint density at radius 1 is 1.38 bits per heavy atom. The monoisotopic (exact) mass is 312 g/mol. The van der Waals surface area contributed by atoms with Crippen LogP contribution in [0.15, 0.2) is 12.1 Å². The first-order valence-electron chi connectivity index (χ1n) is 7.39. The van der Waals surface area contributed by atoms with Gasteiger partial charge < -0.3 is 15.2 Å². The highest BCUT2D eigenvalue weighted by Crippen LogP contribution is 2.32. The summed E-state index contributed by atoms with van der Waals surface area (Å²) in [5.74, 6) is 0.926. The van der Waals surface area contributed by atoms with Crippen molar-refractivity contribution in [2.45, 2.75) is 33.9 Å². The van der Waals surface area contributed by atoms with Gasteiger partial charge in [-0.15, -0.1) is 0 Å². The molecule has 0 saturated carbocycles. The average Bonchev–Trinajstić information content (AvgIpc) is 2.46. The SMILES string of the molecule is CCN(Cc1cc(Cl)cc2c1OCOC2)CC(C)(C)CN. The molecule has 2 N–H and O–H groups in total. The van der Waals surface area contributed by atoms with E-state index in [2.05, 4.69) is 25.7 Å². The fourth-order valence-electron chi connectivity index (χ4n) is 2.56. The molecule has 0 amide bonds. The average molecular weight is 313 g/mol. The van der Waals surface area contributed by atoms with Crippen molar-refractivity contribution >= 4 is 11.6 Å². The first-order chi connectivity index (χ1) is 9.95. The zero-order valence-electron chi connectivity index (χ0n) is 13.1. The predicted molar refractivity (Wildman–Crippen MR) is 85.5 cm³/mol. The summed E-state index contributed by atoms with van der Waals surface area (Å²) in [5.41, 5.74) is 8.09. The smallest absolute Gasteiger partial charge is 0.189 e. The number of nitrogens with two attached hydrogens (primary N) is 1. The standard InChI is InChI=1S/C16H25ClN2O2/c1-4-19(10-16(2,3)9-18)7-12-5-14(17)6-13-8-20-11-21-15(12)13/h5-6H,4,7-11,18H2,1-3H3. The van der Waals surface area contributed by atoms with Crippen LogP contribution in [-0.2, 0) is 17.9 Å². The van der Waals surface area contributed by atoms with Crippen LogP contribution in [0.5, 0.6) is 5.75 Å². The molecule has 1 aliphatic rings.